The molecule has 4 aromatic heterocycles. The van der Waals surface area contributed by atoms with Gasteiger partial charge in [0.2, 0.25) is 0 Å². The van der Waals surface area contributed by atoms with E-state index in [-0.39, 0.29) is 0 Å². The van der Waals surface area contributed by atoms with E-state index in [2.05, 4.69) is 36.4 Å². The van der Waals surface area contributed by atoms with Gasteiger partial charge in [0.25, 0.3) is 0 Å². The standard InChI is InChI=1S/C20H16O2S2/c1-5-15-7-11-19(23-15)20-12-8-16(24-20)6-2-14-4-10-18(22-14)17-9-3-13(1)21-17/h3-4,7-12H,1-2,5-6H2. The molecule has 0 aliphatic carbocycles. The SMILES string of the molecule is c1cc2oc1CCc1ccc(s1)-c1ccc(s1)CCc1ccc-2o1. The van der Waals surface area contributed by atoms with Gasteiger partial charge in [0, 0.05) is 32.4 Å². The predicted octanol–water partition coefficient (Wildman–Crippen LogP) is 6.21. The second-order valence-corrected chi connectivity index (χ2v) is 8.40. The molecular weight excluding hydrogens is 336 g/mol. The second-order valence-electron chi connectivity index (χ2n) is 6.06. The maximum atomic E-state index is 5.97. The fourth-order valence-electron chi connectivity index (χ4n) is 3.07. The summed E-state index contributed by atoms with van der Waals surface area (Å²) in [4.78, 5) is 5.55. The molecule has 4 aromatic rings. The van der Waals surface area contributed by atoms with Crippen molar-refractivity contribution in [2.24, 2.45) is 0 Å². The summed E-state index contributed by atoms with van der Waals surface area (Å²) in [5, 5.41) is 0. The van der Waals surface area contributed by atoms with Crippen molar-refractivity contribution in [3.8, 4) is 21.3 Å². The van der Waals surface area contributed by atoms with Crippen LogP contribution < -0.4 is 0 Å². The van der Waals surface area contributed by atoms with E-state index in [1.807, 2.05) is 34.8 Å². The van der Waals surface area contributed by atoms with Crippen LogP contribution in [0, 0.1) is 0 Å². The fraction of sp³-hybridized carbons (Fsp3) is 0.200. The lowest BCUT2D eigenvalue weighted by molar-refractivity contribution is 0.473. The lowest BCUT2D eigenvalue weighted by Crippen LogP contribution is -1.85. The summed E-state index contributed by atoms with van der Waals surface area (Å²) < 4.78 is 11.9. The normalized spacial score (nSPS) is 14.0. The third-order valence-corrected chi connectivity index (χ3v) is 6.85. The van der Waals surface area contributed by atoms with Gasteiger partial charge in [-0.2, -0.15) is 0 Å². The Bertz CT molecular complexity index is 822. The minimum atomic E-state index is 0.827. The third-order valence-electron chi connectivity index (χ3n) is 4.37. The van der Waals surface area contributed by atoms with Crippen LogP contribution in [0.2, 0.25) is 0 Å². The quantitative estimate of drug-likeness (QED) is 0.376. The van der Waals surface area contributed by atoms with Crippen LogP contribution in [0.15, 0.2) is 57.4 Å². The monoisotopic (exact) mass is 352 g/mol. The summed E-state index contributed by atoms with van der Waals surface area (Å²) in [6.45, 7) is 0. The average Bonchev–Trinajstić information content (AvgIpc) is 3.37. The molecule has 0 saturated heterocycles. The molecule has 0 N–H and O–H groups in total. The van der Waals surface area contributed by atoms with Crippen LogP contribution in [-0.2, 0) is 25.7 Å². The summed E-state index contributed by atoms with van der Waals surface area (Å²) in [6, 6.07) is 17.2. The van der Waals surface area contributed by atoms with Crippen LogP contribution in [0.3, 0.4) is 0 Å². The van der Waals surface area contributed by atoms with E-state index in [1.54, 1.807) is 0 Å². The number of aryl methyl sites for hydroxylation is 4. The molecule has 5 rings (SSSR count). The summed E-state index contributed by atoms with van der Waals surface area (Å²) in [5.41, 5.74) is 0. The fourth-order valence-corrected chi connectivity index (χ4v) is 5.18. The van der Waals surface area contributed by atoms with Gasteiger partial charge in [0.05, 0.1) is 0 Å². The lowest BCUT2D eigenvalue weighted by Gasteiger charge is -1.98. The van der Waals surface area contributed by atoms with Gasteiger partial charge in [-0.25, -0.2) is 0 Å². The summed E-state index contributed by atoms with van der Waals surface area (Å²) in [7, 11) is 0. The Labute approximate surface area is 148 Å². The number of hydrogen-bond donors (Lipinski definition) is 0. The molecule has 24 heavy (non-hydrogen) atoms. The van der Waals surface area contributed by atoms with Crippen LogP contribution in [0.1, 0.15) is 21.3 Å². The minimum Gasteiger partial charge on any atom is -0.458 e. The highest BCUT2D eigenvalue weighted by Crippen LogP contribution is 2.35. The molecule has 2 nitrogen and oxygen atoms in total. The maximum absolute atomic E-state index is 5.97. The first-order valence-electron chi connectivity index (χ1n) is 8.19. The summed E-state index contributed by atoms with van der Waals surface area (Å²) in [6.07, 6.45) is 3.87. The molecule has 0 saturated carbocycles. The Morgan fingerprint density at radius 2 is 1.04 bits per heavy atom. The Balaban J connectivity index is 1.54. The van der Waals surface area contributed by atoms with Gasteiger partial charge in [-0.1, -0.05) is 0 Å². The number of fused-ring (bicyclic) bond motifs is 10. The van der Waals surface area contributed by atoms with E-state index in [9.17, 15) is 0 Å². The van der Waals surface area contributed by atoms with E-state index in [0.717, 1.165) is 48.7 Å². The van der Waals surface area contributed by atoms with E-state index < -0.39 is 0 Å². The topological polar surface area (TPSA) is 26.3 Å². The van der Waals surface area contributed by atoms with Crippen molar-refractivity contribution < 1.29 is 8.83 Å². The molecular formula is C20H16O2S2. The first-order valence-corrected chi connectivity index (χ1v) is 9.82. The maximum Gasteiger partial charge on any atom is 0.169 e. The Hall–Kier alpha value is -2.04. The molecule has 0 aromatic carbocycles. The number of rotatable bonds is 0. The van der Waals surface area contributed by atoms with E-state index >= 15 is 0 Å². The van der Waals surface area contributed by atoms with Crippen LogP contribution in [0.25, 0.3) is 21.3 Å². The molecule has 0 spiro atoms. The highest BCUT2D eigenvalue weighted by Gasteiger charge is 2.13. The van der Waals surface area contributed by atoms with Crippen molar-refractivity contribution in [1.82, 2.24) is 0 Å². The number of furan rings is 2. The van der Waals surface area contributed by atoms with Gasteiger partial charge >= 0.3 is 0 Å². The molecule has 0 amide bonds. The molecule has 8 bridgehead atoms. The molecule has 0 atom stereocenters. The van der Waals surface area contributed by atoms with Gasteiger partial charge in [-0.15, -0.1) is 22.7 Å². The van der Waals surface area contributed by atoms with Crippen molar-refractivity contribution >= 4 is 22.7 Å². The van der Waals surface area contributed by atoms with Gasteiger partial charge < -0.3 is 8.83 Å². The highest BCUT2D eigenvalue weighted by atomic mass is 32.1. The van der Waals surface area contributed by atoms with Crippen molar-refractivity contribution in [3.63, 3.8) is 0 Å². The number of hydrogen-bond acceptors (Lipinski definition) is 4. The van der Waals surface area contributed by atoms with Gasteiger partial charge in [-0.05, 0) is 61.4 Å². The van der Waals surface area contributed by atoms with Gasteiger partial charge in [0.15, 0.2) is 11.5 Å². The van der Waals surface area contributed by atoms with Gasteiger partial charge in [-0.3, -0.25) is 0 Å². The number of thiophene rings is 2. The zero-order valence-electron chi connectivity index (χ0n) is 13.1. The molecule has 5 heterocycles. The Kier molecular flexibility index (Phi) is 3.46. The zero-order valence-corrected chi connectivity index (χ0v) is 14.7. The summed E-state index contributed by atoms with van der Waals surface area (Å²) >= 11 is 3.80. The van der Waals surface area contributed by atoms with E-state index in [4.69, 9.17) is 8.83 Å². The first kappa shape index (κ1) is 14.3. The third kappa shape index (κ3) is 2.66. The zero-order chi connectivity index (χ0) is 15.9. The highest BCUT2D eigenvalue weighted by molar-refractivity contribution is 7.22. The van der Waals surface area contributed by atoms with Crippen LogP contribution >= 0.6 is 22.7 Å². The lowest BCUT2D eigenvalue weighted by atomic mass is 10.2. The minimum absolute atomic E-state index is 0.827. The molecule has 1 aliphatic heterocycles. The molecule has 4 heteroatoms. The van der Waals surface area contributed by atoms with E-state index in [0.29, 0.717) is 0 Å². The first-order chi connectivity index (χ1) is 11.8. The van der Waals surface area contributed by atoms with Crippen molar-refractivity contribution in [3.05, 3.63) is 69.8 Å². The van der Waals surface area contributed by atoms with Crippen molar-refractivity contribution in [2.75, 3.05) is 0 Å². The van der Waals surface area contributed by atoms with Crippen molar-refractivity contribution in [2.45, 2.75) is 25.7 Å². The molecule has 0 radical (unpaired) electrons. The second kappa shape index (κ2) is 5.80. The Morgan fingerprint density at radius 1 is 0.542 bits per heavy atom. The van der Waals surface area contributed by atoms with Crippen molar-refractivity contribution in [1.29, 1.82) is 0 Å². The largest absolute Gasteiger partial charge is 0.458 e. The van der Waals surface area contributed by atoms with Crippen LogP contribution in [0.5, 0.6) is 0 Å². The predicted molar refractivity (Wildman–Crippen MR) is 98.9 cm³/mol. The van der Waals surface area contributed by atoms with Crippen LogP contribution in [-0.4, -0.2) is 0 Å². The van der Waals surface area contributed by atoms with Gasteiger partial charge in [0.1, 0.15) is 11.5 Å². The molecule has 120 valence electrons. The average molecular weight is 352 g/mol. The van der Waals surface area contributed by atoms with Crippen LogP contribution in [0.4, 0.5) is 0 Å². The van der Waals surface area contributed by atoms with E-state index in [1.165, 1.54) is 19.5 Å². The smallest absolute Gasteiger partial charge is 0.169 e. The Morgan fingerprint density at radius 3 is 1.54 bits per heavy atom. The molecule has 0 unspecified atom stereocenters. The summed E-state index contributed by atoms with van der Waals surface area (Å²) in [5.74, 6) is 3.69. The molecule has 1 aliphatic rings. The molecule has 0 fully saturated rings.